The number of hydrogen-bond acceptors (Lipinski definition) is 1. The Labute approximate surface area is 133 Å². The van der Waals surface area contributed by atoms with Crippen molar-refractivity contribution in [2.24, 2.45) is 0 Å². The summed E-state index contributed by atoms with van der Waals surface area (Å²) in [5.74, 6) is 0. The Kier molecular flexibility index (Phi) is 2.07. The summed E-state index contributed by atoms with van der Waals surface area (Å²) in [4.78, 5) is 0. The van der Waals surface area contributed by atoms with E-state index in [4.69, 9.17) is 4.74 Å². The van der Waals surface area contributed by atoms with E-state index < -0.39 is 0 Å². The lowest BCUT2D eigenvalue weighted by atomic mass is 9.91. The fourth-order valence-electron chi connectivity index (χ4n) is 4.08. The molecule has 6 rings (SSSR count). The molecule has 1 heteroatoms. The van der Waals surface area contributed by atoms with E-state index >= 15 is 0 Å². The molecule has 2 aliphatic rings. The summed E-state index contributed by atoms with van der Waals surface area (Å²) in [5, 5.41) is 7.80. The zero-order valence-electron chi connectivity index (χ0n) is 12.5. The predicted molar refractivity (Wildman–Crippen MR) is 94.7 cm³/mol. The van der Waals surface area contributed by atoms with Gasteiger partial charge in [-0.3, -0.25) is 0 Å². The van der Waals surface area contributed by atoms with Crippen molar-refractivity contribution in [1.29, 1.82) is 0 Å². The Hall–Kier alpha value is -2.64. The van der Waals surface area contributed by atoms with Crippen molar-refractivity contribution < 1.29 is 4.74 Å². The van der Waals surface area contributed by atoms with Gasteiger partial charge in [0.2, 0.25) is 0 Å². The lowest BCUT2D eigenvalue weighted by Gasteiger charge is -2.11. The summed E-state index contributed by atoms with van der Waals surface area (Å²) in [5.41, 5.74) is 2.68. The minimum atomic E-state index is 0.159. The fourth-order valence-corrected chi connectivity index (χ4v) is 4.08. The van der Waals surface area contributed by atoms with E-state index in [-0.39, 0.29) is 12.2 Å². The number of ether oxygens (including phenoxy) is 1. The van der Waals surface area contributed by atoms with Crippen molar-refractivity contribution in [3.63, 3.8) is 0 Å². The second-order valence-electron chi connectivity index (χ2n) is 6.59. The van der Waals surface area contributed by atoms with E-state index in [0.29, 0.717) is 0 Å². The molecule has 108 valence electrons. The first-order chi connectivity index (χ1) is 11.3. The molecule has 0 aliphatic carbocycles. The molecule has 1 nitrogen and oxygen atoms in total. The summed E-state index contributed by atoms with van der Waals surface area (Å²) >= 11 is 0. The zero-order valence-corrected chi connectivity index (χ0v) is 12.5. The zero-order chi connectivity index (χ0) is 15.0. The van der Waals surface area contributed by atoms with Crippen LogP contribution in [0.2, 0.25) is 0 Å². The van der Waals surface area contributed by atoms with Crippen molar-refractivity contribution in [2.45, 2.75) is 12.2 Å². The molecule has 0 amide bonds. The number of benzene rings is 4. The van der Waals surface area contributed by atoms with E-state index in [1.165, 1.54) is 43.4 Å². The highest BCUT2D eigenvalue weighted by atomic mass is 16.5. The monoisotopic (exact) mass is 294 g/mol. The van der Waals surface area contributed by atoms with Gasteiger partial charge in [0.1, 0.15) is 12.2 Å². The molecule has 23 heavy (non-hydrogen) atoms. The van der Waals surface area contributed by atoms with Gasteiger partial charge in [0.25, 0.3) is 0 Å². The molecule has 0 radical (unpaired) electrons. The van der Waals surface area contributed by atoms with E-state index in [9.17, 15) is 0 Å². The molecule has 0 N–H and O–H groups in total. The minimum Gasteiger partial charge on any atom is -0.357 e. The highest BCUT2D eigenvalue weighted by Gasteiger charge is 2.33. The SMILES string of the molecule is C1=CC2OC1c1cc3cc4cc5ccccc5cc4cc3cc12. The summed E-state index contributed by atoms with van der Waals surface area (Å²) in [6, 6.07) is 22.4. The Morgan fingerprint density at radius 2 is 0.957 bits per heavy atom. The first-order valence-corrected chi connectivity index (χ1v) is 8.09. The van der Waals surface area contributed by atoms with Crippen LogP contribution in [0.15, 0.2) is 72.8 Å². The number of rotatable bonds is 0. The van der Waals surface area contributed by atoms with Gasteiger partial charge in [0, 0.05) is 0 Å². The second-order valence-corrected chi connectivity index (χ2v) is 6.59. The molecular formula is C22H14O. The van der Waals surface area contributed by atoms with Crippen molar-refractivity contribution in [3.8, 4) is 0 Å². The third kappa shape index (κ3) is 1.55. The van der Waals surface area contributed by atoms with Crippen LogP contribution in [0.25, 0.3) is 32.3 Å². The van der Waals surface area contributed by atoms with Gasteiger partial charge in [-0.15, -0.1) is 0 Å². The van der Waals surface area contributed by atoms with Crippen LogP contribution in [-0.4, -0.2) is 0 Å². The highest BCUT2D eigenvalue weighted by Crippen LogP contribution is 2.47. The molecule has 4 aromatic carbocycles. The van der Waals surface area contributed by atoms with Crippen molar-refractivity contribution in [2.75, 3.05) is 0 Å². The molecule has 0 spiro atoms. The maximum atomic E-state index is 5.96. The fraction of sp³-hybridized carbons (Fsp3) is 0.0909. The third-order valence-corrected chi connectivity index (χ3v) is 5.23. The molecule has 2 heterocycles. The summed E-state index contributed by atoms with van der Waals surface area (Å²) in [7, 11) is 0. The van der Waals surface area contributed by atoms with E-state index in [1.54, 1.807) is 0 Å². The Morgan fingerprint density at radius 3 is 1.48 bits per heavy atom. The van der Waals surface area contributed by atoms with Crippen LogP contribution in [0.5, 0.6) is 0 Å². The lowest BCUT2D eigenvalue weighted by molar-refractivity contribution is 0.0879. The summed E-state index contributed by atoms with van der Waals surface area (Å²) in [6.45, 7) is 0. The third-order valence-electron chi connectivity index (χ3n) is 5.23. The van der Waals surface area contributed by atoms with Gasteiger partial charge in [0.05, 0.1) is 0 Å². The minimum absolute atomic E-state index is 0.159. The number of fused-ring (bicyclic) bond motifs is 8. The molecule has 2 atom stereocenters. The second kappa shape index (κ2) is 4.01. The normalized spacial score (nSPS) is 21.6. The van der Waals surface area contributed by atoms with Gasteiger partial charge in [-0.05, 0) is 79.8 Å². The van der Waals surface area contributed by atoms with Gasteiger partial charge in [-0.1, -0.05) is 36.4 Å². The maximum absolute atomic E-state index is 5.96. The molecule has 0 fully saturated rings. The smallest absolute Gasteiger partial charge is 0.102 e. The van der Waals surface area contributed by atoms with Gasteiger partial charge in [0.15, 0.2) is 0 Å². The predicted octanol–water partition coefficient (Wildman–Crippen LogP) is 5.83. The van der Waals surface area contributed by atoms with Crippen LogP contribution in [0, 0.1) is 0 Å². The van der Waals surface area contributed by atoms with Crippen LogP contribution in [0.1, 0.15) is 23.3 Å². The Balaban J connectivity index is 1.70. The van der Waals surface area contributed by atoms with Gasteiger partial charge in [-0.2, -0.15) is 0 Å². The average molecular weight is 294 g/mol. The van der Waals surface area contributed by atoms with Gasteiger partial charge < -0.3 is 4.74 Å². The van der Waals surface area contributed by atoms with Crippen LogP contribution in [0.4, 0.5) is 0 Å². The first kappa shape index (κ1) is 11.9. The van der Waals surface area contributed by atoms with E-state index in [1.807, 2.05) is 0 Å². The molecule has 4 aromatic rings. The topological polar surface area (TPSA) is 9.23 Å². The molecule has 0 aromatic heterocycles. The highest BCUT2D eigenvalue weighted by molar-refractivity contribution is 6.05. The Bertz CT molecular complexity index is 1060. The molecule has 2 unspecified atom stereocenters. The molecule has 2 bridgehead atoms. The van der Waals surface area contributed by atoms with Gasteiger partial charge >= 0.3 is 0 Å². The van der Waals surface area contributed by atoms with Gasteiger partial charge in [-0.25, -0.2) is 0 Å². The lowest BCUT2D eigenvalue weighted by Crippen LogP contribution is -1.93. The van der Waals surface area contributed by atoms with Crippen LogP contribution < -0.4 is 0 Å². The van der Waals surface area contributed by atoms with E-state index in [0.717, 1.165) is 0 Å². The molecule has 2 aliphatic heterocycles. The first-order valence-electron chi connectivity index (χ1n) is 8.09. The van der Waals surface area contributed by atoms with Crippen LogP contribution >= 0.6 is 0 Å². The average Bonchev–Trinajstić information content (AvgIpc) is 3.18. The molecular weight excluding hydrogens is 280 g/mol. The standard InChI is InChI=1S/C22H14O/c1-2-4-14-8-16-10-18-12-20-19(21-5-6-22(20)23-21)11-17(18)9-15(16)7-13(14)3-1/h1-12,21-22H. The van der Waals surface area contributed by atoms with Crippen molar-refractivity contribution in [1.82, 2.24) is 0 Å². The van der Waals surface area contributed by atoms with E-state index in [2.05, 4.69) is 72.8 Å². The summed E-state index contributed by atoms with van der Waals surface area (Å²) < 4.78 is 5.96. The number of hydrogen-bond donors (Lipinski definition) is 0. The maximum Gasteiger partial charge on any atom is 0.102 e. The molecule has 0 saturated heterocycles. The summed E-state index contributed by atoms with van der Waals surface area (Å²) in [6.07, 6.45) is 4.67. The molecule has 0 saturated carbocycles. The van der Waals surface area contributed by atoms with Crippen LogP contribution in [0.3, 0.4) is 0 Å². The van der Waals surface area contributed by atoms with Crippen LogP contribution in [-0.2, 0) is 4.74 Å². The quantitative estimate of drug-likeness (QED) is 0.293. The van der Waals surface area contributed by atoms with Crippen molar-refractivity contribution >= 4 is 32.3 Å². The largest absolute Gasteiger partial charge is 0.357 e. The Morgan fingerprint density at radius 1 is 0.522 bits per heavy atom. The van der Waals surface area contributed by atoms with Crippen molar-refractivity contribution in [3.05, 3.63) is 83.9 Å².